The molecule has 0 spiro atoms. The highest BCUT2D eigenvalue weighted by molar-refractivity contribution is 7.18. The maximum Gasteiger partial charge on any atom is 0.225 e. The number of benzene rings is 1. The Bertz CT molecular complexity index is 866. The van der Waals surface area contributed by atoms with Gasteiger partial charge in [0.25, 0.3) is 0 Å². The Labute approximate surface area is 131 Å². The molecule has 0 aliphatic heterocycles. The summed E-state index contributed by atoms with van der Waals surface area (Å²) >= 11 is 7.61. The second-order valence-corrected chi connectivity index (χ2v) is 6.15. The molecule has 0 radical (unpaired) electrons. The third-order valence-electron chi connectivity index (χ3n) is 3.17. The molecule has 0 unspecified atom stereocenters. The summed E-state index contributed by atoms with van der Waals surface area (Å²) in [7, 11) is 1.88. The minimum atomic E-state index is 0.209. The van der Waals surface area contributed by atoms with Crippen LogP contribution in [0.1, 0.15) is 10.4 Å². The van der Waals surface area contributed by atoms with E-state index >= 15 is 0 Å². The predicted octanol–water partition coefficient (Wildman–Crippen LogP) is 4.29. The zero-order chi connectivity index (χ0) is 15.0. The molecule has 6 heteroatoms. The highest BCUT2D eigenvalue weighted by Gasteiger charge is 2.16. The van der Waals surface area contributed by atoms with E-state index in [-0.39, 0.29) is 5.28 Å². The molecule has 21 heavy (non-hydrogen) atoms. The van der Waals surface area contributed by atoms with E-state index in [1.54, 1.807) is 17.4 Å². The van der Waals surface area contributed by atoms with Gasteiger partial charge in [0.2, 0.25) is 5.28 Å². The van der Waals surface area contributed by atoms with Gasteiger partial charge in [-0.05, 0) is 36.7 Å². The van der Waals surface area contributed by atoms with Crippen LogP contribution in [-0.2, 0) is 0 Å². The number of halogens is 1. The van der Waals surface area contributed by atoms with Gasteiger partial charge in [0.05, 0.1) is 16.6 Å². The van der Waals surface area contributed by atoms with Crippen molar-refractivity contribution in [2.24, 2.45) is 0 Å². The van der Waals surface area contributed by atoms with E-state index < -0.39 is 0 Å². The van der Waals surface area contributed by atoms with E-state index in [4.69, 9.17) is 11.6 Å². The number of aryl methyl sites for hydroxylation is 1. The molecule has 1 aromatic carbocycles. The van der Waals surface area contributed by atoms with E-state index in [2.05, 4.69) is 16.0 Å². The number of fused-ring (bicyclic) bond motifs is 1. The molecule has 0 bridgehead atoms. The summed E-state index contributed by atoms with van der Waals surface area (Å²) in [4.78, 5) is 12.5. The molecular weight excluding hydrogens is 304 g/mol. The molecule has 3 aromatic rings. The fourth-order valence-corrected chi connectivity index (χ4v) is 3.32. The molecule has 0 saturated carbocycles. The Balaban J connectivity index is 2.22. The van der Waals surface area contributed by atoms with Gasteiger partial charge in [-0.15, -0.1) is 11.3 Å². The molecule has 3 rings (SSSR count). The SMILES string of the molecule is Cc1cc2c(N(C)c3ccccc3C#N)nc(Cl)nc2s1. The first-order valence-corrected chi connectivity index (χ1v) is 7.46. The van der Waals surface area contributed by atoms with Gasteiger partial charge in [-0.1, -0.05) is 12.1 Å². The number of rotatable bonds is 2. The van der Waals surface area contributed by atoms with Crippen molar-refractivity contribution < 1.29 is 0 Å². The highest BCUT2D eigenvalue weighted by atomic mass is 35.5. The van der Waals surface area contributed by atoms with Crippen LogP contribution >= 0.6 is 22.9 Å². The largest absolute Gasteiger partial charge is 0.328 e. The standard InChI is InChI=1S/C15H11ClN4S/c1-9-7-11-13(18-15(16)19-14(11)21-9)20(2)12-6-4-3-5-10(12)8-17/h3-7H,1-2H3. The van der Waals surface area contributed by atoms with Crippen molar-refractivity contribution >= 4 is 44.7 Å². The smallest absolute Gasteiger partial charge is 0.225 e. The van der Waals surface area contributed by atoms with Gasteiger partial charge in [-0.3, -0.25) is 0 Å². The van der Waals surface area contributed by atoms with Gasteiger partial charge in [-0.2, -0.15) is 10.2 Å². The number of hydrogen-bond donors (Lipinski definition) is 0. The van der Waals surface area contributed by atoms with Crippen molar-refractivity contribution in [3.63, 3.8) is 0 Å². The van der Waals surface area contributed by atoms with E-state index in [1.165, 1.54) is 0 Å². The van der Waals surface area contributed by atoms with Crippen molar-refractivity contribution in [3.05, 3.63) is 46.1 Å². The van der Waals surface area contributed by atoms with Gasteiger partial charge < -0.3 is 4.90 Å². The number of anilines is 2. The van der Waals surface area contributed by atoms with E-state index in [0.717, 1.165) is 20.8 Å². The number of nitriles is 1. The molecule has 0 aliphatic rings. The maximum absolute atomic E-state index is 9.25. The van der Waals surface area contributed by atoms with Crippen molar-refractivity contribution in [3.8, 4) is 6.07 Å². The van der Waals surface area contributed by atoms with Crippen LogP contribution in [0.15, 0.2) is 30.3 Å². The zero-order valence-electron chi connectivity index (χ0n) is 11.5. The summed E-state index contributed by atoms with van der Waals surface area (Å²) < 4.78 is 0. The Hall–Kier alpha value is -2.16. The van der Waals surface area contributed by atoms with Gasteiger partial charge in [0.15, 0.2) is 0 Å². The predicted molar refractivity (Wildman–Crippen MR) is 86.4 cm³/mol. The number of aromatic nitrogens is 2. The van der Waals surface area contributed by atoms with Gasteiger partial charge in [0, 0.05) is 11.9 Å². The van der Waals surface area contributed by atoms with Crippen LogP contribution in [0, 0.1) is 18.3 Å². The normalized spacial score (nSPS) is 10.6. The maximum atomic E-state index is 9.25. The summed E-state index contributed by atoms with van der Waals surface area (Å²) in [6, 6.07) is 11.6. The lowest BCUT2D eigenvalue weighted by atomic mass is 10.1. The molecule has 0 atom stereocenters. The number of para-hydroxylation sites is 1. The fourth-order valence-electron chi connectivity index (χ4n) is 2.23. The molecular formula is C15H11ClN4S. The Morgan fingerprint density at radius 2 is 2.05 bits per heavy atom. The van der Waals surface area contributed by atoms with Crippen LogP contribution in [-0.4, -0.2) is 17.0 Å². The molecule has 2 heterocycles. The summed E-state index contributed by atoms with van der Waals surface area (Å²) in [5.41, 5.74) is 1.38. The molecule has 0 N–H and O–H groups in total. The monoisotopic (exact) mass is 314 g/mol. The third-order valence-corrected chi connectivity index (χ3v) is 4.29. The fraction of sp³-hybridized carbons (Fsp3) is 0.133. The summed E-state index contributed by atoms with van der Waals surface area (Å²) in [5, 5.41) is 10.4. The van der Waals surface area contributed by atoms with Gasteiger partial charge in [-0.25, -0.2) is 4.98 Å². The molecule has 104 valence electrons. The molecule has 0 fully saturated rings. The molecule has 0 amide bonds. The van der Waals surface area contributed by atoms with Crippen LogP contribution < -0.4 is 4.90 Å². The summed E-state index contributed by atoms with van der Waals surface area (Å²) in [6.45, 7) is 2.02. The second-order valence-electron chi connectivity index (χ2n) is 4.58. The number of nitrogens with zero attached hydrogens (tertiary/aromatic N) is 4. The number of thiophene rings is 1. The second kappa shape index (κ2) is 5.32. The first-order chi connectivity index (χ1) is 10.1. The topological polar surface area (TPSA) is 52.8 Å². The molecule has 4 nitrogen and oxygen atoms in total. The van der Waals surface area contributed by atoms with Crippen LogP contribution in [0.4, 0.5) is 11.5 Å². The third kappa shape index (κ3) is 2.44. The minimum absolute atomic E-state index is 0.209. The van der Waals surface area contributed by atoms with Gasteiger partial charge >= 0.3 is 0 Å². The average molecular weight is 315 g/mol. The Kier molecular flexibility index (Phi) is 3.50. The zero-order valence-corrected chi connectivity index (χ0v) is 13.0. The quantitative estimate of drug-likeness (QED) is 0.662. The van der Waals surface area contributed by atoms with E-state index in [1.807, 2.05) is 43.1 Å². The molecule has 0 aliphatic carbocycles. The van der Waals surface area contributed by atoms with Crippen molar-refractivity contribution in [2.45, 2.75) is 6.92 Å². The first-order valence-electron chi connectivity index (χ1n) is 6.26. The van der Waals surface area contributed by atoms with Gasteiger partial charge in [0.1, 0.15) is 16.7 Å². The van der Waals surface area contributed by atoms with Crippen molar-refractivity contribution in [1.29, 1.82) is 5.26 Å². The van der Waals surface area contributed by atoms with Crippen molar-refractivity contribution in [2.75, 3.05) is 11.9 Å². The summed E-state index contributed by atoms with van der Waals surface area (Å²) in [5.74, 6) is 0.706. The van der Waals surface area contributed by atoms with Crippen LogP contribution in [0.3, 0.4) is 0 Å². The Morgan fingerprint density at radius 1 is 1.29 bits per heavy atom. The lowest BCUT2D eigenvalue weighted by Crippen LogP contribution is -2.13. The minimum Gasteiger partial charge on any atom is -0.328 e. The van der Waals surface area contributed by atoms with Crippen molar-refractivity contribution in [1.82, 2.24) is 9.97 Å². The number of hydrogen-bond acceptors (Lipinski definition) is 5. The Morgan fingerprint density at radius 3 is 2.81 bits per heavy atom. The lowest BCUT2D eigenvalue weighted by Gasteiger charge is -2.20. The van der Waals surface area contributed by atoms with E-state index in [0.29, 0.717) is 11.4 Å². The van der Waals surface area contributed by atoms with Crippen LogP contribution in [0.5, 0.6) is 0 Å². The van der Waals surface area contributed by atoms with Crippen LogP contribution in [0.25, 0.3) is 10.2 Å². The van der Waals surface area contributed by atoms with Crippen LogP contribution in [0.2, 0.25) is 5.28 Å². The highest BCUT2D eigenvalue weighted by Crippen LogP contribution is 2.35. The summed E-state index contributed by atoms with van der Waals surface area (Å²) in [6.07, 6.45) is 0. The first kappa shape index (κ1) is 13.8. The average Bonchev–Trinajstić information content (AvgIpc) is 2.85. The van der Waals surface area contributed by atoms with E-state index in [9.17, 15) is 5.26 Å². The molecule has 2 aromatic heterocycles. The lowest BCUT2D eigenvalue weighted by molar-refractivity contribution is 1.11. The molecule has 0 saturated heterocycles.